The van der Waals surface area contributed by atoms with Gasteiger partial charge in [-0.05, 0) is 18.9 Å². The molecule has 1 saturated heterocycles. The highest BCUT2D eigenvalue weighted by Crippen LogP contribution is 2.15. The van der Waals surface area contributed by atoms with Gasteiger partial charge in [-0.25, -0.2) is 4.79 Å². The van der Waals surface area contributed by atoms with E-state index in [-0.39, 0.29) is 5.70 Å². The molecule has 0 aromatic carbocycles. The quantitative estimate of drug-likeness (QED) is 0.431. The molecule has 78 valence electrons. The summed E-state index contributed by atoms with van der Waals surface area (Å²) < 4.78 is 0. The topological polar surface area (TPSA) is 92.6 Å². The largest absolute Gasteiger partial charge is 0.477 e. The van der Waals surface area contributed by atoms with Crippen LogP contribution in [0.5, 0.6) is 0 Å². The maximum Gasteiger partial charge on any atom is 0.351 e. The molecule has 1 aliphatic heterocycles. The van der Waals surface area contributed by atoms with Crippen molar-refractivity contribution in [2.45, 2.75) is 12.8 Å². The Hall–Kier alpha value is -1.65. The van der Waals surface area contributed by atoms with E-state index in [1.165, 1.54) is 12.3 Å². The van der Waals surface area contributed by atoms with Crippen LogP contribution in [0.4, 0.5) is 0 Å². The number of nitrogens with zero attached hydrogens (tertiary/aromatic N) is 1. The molecule has 5 nitrogen and oxygen atoms in total. The van der Waals surface area contributed by atoms with E-state index in [0.29, 0.717) is 5.70 Å². The normalized spacial score (nSPS) is 18.7. The molecule has 0 aliphatic carbocycles. The van der Waals surface area contributed by atoms with E-state index in [9.17, 15) is 4.79 Å². The molecule has 1 heterocycles. The lowest BCUT2D eigenvalue weighted by molar-refractivity contribution is -0.132. The Morgan fingerprint density at radius 3 is 2.36 bits per heavy atom. The number of nitrogens with two attached hydrogens (primary N) is 2. The standard InChI is InChI=1S/C9H15N3O2/c10-6-7(5-8(11)9(13)14)12-3-1-2-4-12/h5-6H,1-4,10-11H2,(H,13,14)/b7-6+,8-5-. The first kappa shape index (κ1) is 10.4. The number of carboxylic acids is 1. The highest BCUT2D eigenvalue weighted by molar-refractivity contribution is 5.85. The lowest BCUT2D eigenvalue weighted by Crippen LogP contribution is -2.20. The first-order valence-electron chi connectivity index (χ1n) is 4.52. The molecule has 5 heteroatoms. The molecule has 1 aliphatic rings. The average Bonchev–Trinajstić information content (AvgIpc) is 2.66. The van der Waals surface area contributed by atoms with E-state index in [4.69, 9.17) is 16.6 Å². The van der Waals surface area contributed by atoms with Crippen molar-refractivity contribution in [2.24, 2.45) is 11.5 Å². The number of hydrogen-bond donors (Lipinski definition) is 3. The van der Waals surface area contributed by atoms with E-state index >= 15 is 0 Å². The third-order valence-electron chi connectivity index (χ3n) is 2.19. The molecule has 0 saturated carbocycles. The summed E-state index contributed by atoms with van der Waals surface area (Å²) in [5.74, 6) is -1.12. The molecule has 0 spiro atoms. The summed E-state index contributed by atoms with van der Waals surface area (Å²) in [7, 11) is 0. The van der Waals surface area contributed by atoms with Gasteiger partial charge in [0.25, 0.3) is 0 Å². The number of carbonyl (C=O) groups is 1. The van der Waals surface area contributed by atoms with Gasteiger partial charge < -0.3 is 21.5 Å². The van der Waals surface area contributed by atoms with Crippen LogP contribution in [0.15, 0.2) is 23.7 Å². The van der Waals surface area contributed by atoms with Crippen molar-refractivity contribution in [1.82, 2.24) is 4.90 Å². The maximum absolute atomic E-state index is 10.5. The summed E-state index contributed by atoms with van der Waals surface area (Å²) in [6.45, 7) is 1.82. The van der Waals surface area contributed by atoms with Crippen LogP contribution in [-0.4, -0.2) is 29.1 Å². The van der Waals surface area contributed by atoms with Gasteiger partial charge in [0.1, 0.15) is 5.70 Å². The molecule has 0 aromatic heterocycles. The number of aliphatic carboxylic acids is 1. The van der Waals surface area contributed by atoms with E-state index in [2.05, 4.69) is 0 Å². The molecule has 1 rings (SSSR count). The zero-order valence-electron chi connectivity index (χ0n) is 7.94. The molecule has 0 aromatic rings. The van der Waals surface area contributed by atoms with Crippen LogP contribution >= 0.6 is 0 Å². The fourth-order valence-electron chi connectivity index (χ4n) is 1.44. The lowest BCUT2D eigenvalue weighted by Gasteiger charge is -2.18. The molecule has 0 atom stereocenters. The molecule has 14 heavy (non-hydrogen) atoms. The summed E-state index contributed by atoms with van der Waals surface area (Å²) in [4.78, 5) is 12.5. The van der Waals surface area contributed by atoms with Crippen molar-refractivity contribution in [2.75, 3.05) is 13.1 Å². The Bertz CT molecular complexity index is 278. The molecule has 0 bridgehead atoms. The van der Waals surface area contributed by atoms with Crippen molar-refractivity contribution in [3.05, 3.63) is 23.7 Å². The summed E-state index contributed by atoms with van der Waals surface area (Å²) in [5, 5.41) is 8.59. The summed E-state index contributed by atoms with van der Waals surface area (Å²) in [5.41, 5.74) is 11.2. The first-order valence-corrected chi connectivity index (χ1v) is 4.52. The van der Waals surface area contributed by atoms with Crippen molar-refractivity contribution < 1.29 is 9.90 Å². The van der Waals surface area contributed by atoms with E-state index < -0.39 is 5.97 Å². The van der Waals surface area contributed by atoms with Crippen molar-refractivity contribution >= 4 is 5.97 Å². The SMILES string of the molecule is N/C=C(\C=C(/N)C(=O)O)N1CCCC1. The fraction of sp³-hybridized carbons (Fsp3) is 0.444. The van der Waals surface area contributed by atoms with E-state index in [1.807, 2.05) is 4.90 Å². The molecule has 5 N–H and O–H groups in total. The third kappa shape index (κ3) is 2.42. The zero-order valence-corrected chi connectivity index (χ0v) is 7.94. The summed E-state index contributed by atoms with van der Waals surface area (Å²) >= 11 is 0. The molecule has 1 fully saturated rings. The molecule has 0 amide bonds. The molecular formula is C9H15N3O2. The van der Waals surface area contributed by atoms with E-state index in [1.54, 1.807) is 0 Å². The van der Waals surface area contributed by atoms with Gasteiger partial charge in [0.2, 0.25) is 0 Å². The van der Waals surface area contributed by atoms with Crippen LogP contribution in [0.25, 0.3) is 0 Å². The number of hydrogen-bond acceptors (Lipinski definition) is 4. The molecular weight excluding hydrogens is 182 g/mol. The number of likely N-dealkylation sites (tertiary alicyclic amines) is 1. The lowest BCUT2D eigenvalue weighted by atomic mass is 10.3. The maximum atomic E-state index is 10.5. The predicted molar refractivity (Wildman–Crippen MR) is 53.0 cm³/mol. The van der Waals surface area contributed by atoms with Crippen LogP contribution in [0.1, 0.15) is 12.8 Å². The second kappa shape index (κ2) is 4.55. The highest BCUT2D eigenvalue weighted by atomic mass is 16.4. The third-order valence-corrected chi connectivity index (χ3v) is 2.19. The Morgan fingerprint density at radius 2 is 1.93 bits per heavy atom. The van der Waals surface area contributed by atoms with Crippen LogP contribution in [-0.2, 0) is 4.79 Å². The highest BCUT2D eigenvalue weighted by Gasteiger charge is 2.14. The van der Waals surface area contributed by atoms with Gasteiger partial charge in [0, 0.05) is 19.3 Å². The number of carboxylic acid groups (broad SMARTS) is 1. The van der Waals surface area contributed by atoms with Crippen LogP contribution in [0.2, 0.25) is 0 Å². The van der Waals surface area contributed by atoms with Gasteiger partial charge in [-0.15, -0.1) is 0 Å². The van der Waals surface area contributed by atoms with Crippen LogP contribution < -0.4 is 11.5 Å². The zero-order chi connectivity index (χ0) is 10.6. The Kier molecular flexibility index (Phi) is 3.39. The van der Waals surface area contributed by atoms with Gasteiger partial charge >= 0.3 is 5.97 Å². The van der Waals surface area contributed by atoms with Crippen molar-refractivity contribution in [1.29, 1.82) is 0 Å². The van der Waals surface area contributed by atoms with Crippen molar-refractivity contribution in [3.8, 4) is 0 Å². The van der Waals surface area contributed by atoms with Gasteiger partial charge in [0.15, 0.2) is 0 Å². The van der Waals surface area contributed by atoms with E-state index in [0.717, 1.165) is 25.9 Å². The summed E-state index contributed by atoms with van der Waals surface area (Å²) in [6, 6.07) is 0. The van der Waals surface area contributed by atoms with Gasteiger partial charge in [-0.2, -0.15) is 0 Å². The Morgan fingerprint density at radius 1 is 1.36 bits per heavy atom. The van der Waals surface area contributed by atoms with Crippen LogP contribution in [0, 0.1) is 0 Å². The van der Waals surface area contributed by atoms with Gasteiger partial charge in [-0.3, -0.25) is 0 Å². The number of allylic oxidation sites excluding steroid dienone is 1. The van der Waals surface area contributed by atoms with Crippen LogP contribution in [0.3, 0.4) is 0 Å². The predicted octanol–water partition coefficient (Wildman–Crippen LogP) is -0.191. The van der Waals surface area contributed by atoms with Crippen molar-refractivity contribution in [3.63, 3.8) is 0 Å². The minimum absolute atomic E-state index is 0.186. The Balaban J connectivity index is 2.72. The smallest absolute Gasteiger partial charge is 0.351 e. The minimum Gasteiger partial charge on any atom is -0.477 e. The first-order chi connectivity index (χ1) is 6.65. The average molecular weight is 197 g/mol. The fourth-order valence-corrected chi connectivity index (χ4v) is 1.44. The van der Waals surface area contributed by atoms with Gasteiger partial charge in [-0.1, -0.05) is 0 Å². The second-order valence-electron chi connectivity index (χ2n) is 3.19. The molecule has 0 unspecified atom stereocenters. The van der Waals surface area contributed by atoms with Gasteiger partial charge in [0.05, 0.1) is 5.70 Å². The number of rotatable bonds is 3. The second-order valence-corrected chi connectivity index (χ2v) is 3.19. The molecule has 0 radical (unpaired) electrons. The monoisotopic (exact) mass is 197 g/mol. The minimum atomic E-state index is -1.12. The Labute approximate surface area is 82.7 Å². The summed E-state index contributed by atoms with van der Waals surface area (Å²) in [6.07, 6.45) is 5.01.